The molecule has 0 amide bonds. The van der Waals surface area contributed by atoms with E-state index in [0.29, 0.717) is 6.42 Å². The van der Waals surface area contributed by atoms with E-state index in [2.05, 4.69) is 43.5 Å². The Morgan fingerprint density at radius 3 is 2.64 bits per heavy atom. The molecule has 0 N–H and O–H groups in total. The standard InChI is InChI=1S/C21H20O/c1-5-15-11-17(12-19(22)13(2)3)18-8-6-7-16-10-9-14(4)20(15)21(16)18/h5-11,13H,1,4,12H2,2-3H3. The first-order valence-corrected chi connectivity index (χ1v) is 7.64. The molecule has 110 valence electrons. The topological polar surface area (TPSA) is 17.1 Å². The average molecular weight is 288 g/mol. The van der Waals surface area contributed by atoms with Gasteiger partial charge in [-0.3, -0.25) is 4.79 Å². The lowest BCUT2D eigenvalue weighted by atomic mass is 9.89. The van der Waals surface area contributed by atoms with E-state index in [1.54, 1.807) is 0 Å². The van der Waals surface area contributed by atoms with Gasteiger partial charge in [-0.1, -0.05) is 69.5 Å². The molecule has 0 aliphatic carbocycles. The summed E-state index contributed by atoms with van der Waals surface area (Å²) in [7, 11) is 0. The van der Waals surface area contributed by atoms with Crippen molar-refractivity contribution in [2.45, 2.75) is 20.3 Å². The molecule has 0 aromatic heterocycles. The number of carbonyl (C=O) groups is 1. The van der Waals surface area contributed by atoms with Crippen LogP contribution in [-0.4, -0.2) is 5.78 Å². The Morgan fingerprint density at radius 2 is 1.95 bits per heavy atom. The Kier molecular flexibility index (Phi) is 3.58. The molecule has 0 bridgehead atoms. The summed E-state index contributed by atoms with van der Waals surface area (Å²) in [5.74, 6) is 0.314. The molecular weight excluding hydrogens is 268 g/mol. The molecule has 0 fully saturated rings. The molecule has 0 unspecified atom stereocenters. The first kappa shape index (κ1) is 14.5. The maximum absolute atomic E-state index is 12.2. The van der Waals surface area contributed by atoms with E-state index < -0.39 is 0 Å². The number of benzene rings is 3. The highest BCUT2D eigenvalue weighted by Crippen LogP contribution is 2.31. The summed E-state index contributed by atoms with van der Waals surface area (Å²) in [5.41, 5.74) is 2.14. The first-order valence-electron chi connectivity index (χ1n) is 7.64. The number of Topliss-reactive ketones (excluding diaryl/α,β-unsaturated/α-hetero) is 1. The van der Waals surface area contributed by atoms with Crippen LogP contribution < -0.4 is 5.22 Å². The van der Waals surface area contributed by atoms with E-state index in [9.17, 15) is 4.79 Å². The van der Waals surface area contributed by atoms with Gasteiger partial charge in [0.1, 0.15) is 5.78 Å². The zero-order valence-corrected chi connectivity index (χ0v) is 13.1. The third-order valence-corrected chi connectivity index (χ3v) is 4.32. The lowest BCUT2D eigenvalue weighted by Gasteiger charge is -2.14. The number of rotatable bonds is 4. The van der Waals surface area contributed by atoms with Gasteiger partial charge >= 0.3 is 0 Å². The maximum atomic E-state index is 12.2. The van der Waals surface area contributed by atoms with Crippen LogP contribution >= 0.6 is 0 Å². The van der Waals surface area contributed by atoms with Crippen molar-refractivity contribution in [2.75, 3.05) is 0 Å². The quantitative estimate of drug-likeness (QED) is 0.689. The lowest BCUT2D eigenvalue weighted by molar-refractivity contribution is -0.121. The van der Waals surface area contributed by atoms with Gasteiger partial charge in [-0.25, -0.2) is 0 Å². The minimum atomic E-state index is 0.0489. The van der Waals surface area contributed by atoms with Crippen LogP contribution in [0.5, 0.6) is 0 Å². The molecular formula is C21H20O. The number of hydrogen-bond donors (Lipinski definition) is 0. The van der Waals surface area contributed by atoms with Gasteiger partial charge in [-0.05, 0) is 37.9 Å². The van der Waals surface area contributed by atoms with Crippen molar-refractivity contribution in [3.63, 3.8) is 0 Å². The van der Waals surface area contributed by atoms with Crippen LogP contribution in [0.1, 0.15) is 25.0 Å². The molecule has 3 rings (SSSR count). The second-order valence-corrected chi connectivity index (χ2v) is 6.13. The molecule has 0 heterocycles. The highest BCUT2D eigenvalue weighted by molar-refractivity contribution is 6.14. The number of ketones is 1. The third kappa shape index (κ3) is 2.23. The Bertz CT molecular complexity index is 932. The minimum absolute atomic E-state index is 0.0489. The van der Waals surface area contributed by atoms with Crippen molar-refractivity contribution in [3.8, 4) is 0 Å². The summed E-state index contributed by atoms with van der Waals surface area (Å²) < 4.78 is 0. The van der Waals surface area contributed by atoms with Crippen LogP contribution in [0.4, 0.5) is 0 Å². The van der Waals surface area contributed by atoms with Gasteiger partial charge in [0.15, 0.2) is 0 Å². The van der Waals surface area contributed by atoms with Crippen LogP contribution in [-0.2, 0) is 11.2 Å². The van der Waals surface area contributed by atoms with E-state index in [1.807, 2.05) is 26.0 Å². The van der Waals surface area contributed by atoms with Crippen LogP contribution in [0.25, 0.3) is 34.2 Å². The highest BCUT2D eigenvalue weighted by Gasteiger charge is 2.14. The minimum Gasteiger partial charge on any atom is -0.299 e. The molecule has 0 saturated heterocycles. The van der Waals surface area contributed by atoms with Gasteiger partial charge in [0, 0.05) is 12.3 Å². The van der Waals surface area contributed by atoms with E-state index in [0.717, 1.165) is 27.1 Å². The largest absolute Gasteiger partial charge is 0.299 e. The average Bonchev–Trinajstić information content (AvgIpc) is 2.51. The Hall–Kier alpha value is -2.41. The predicted molar refractivity (Wildman–Crippen MR) is 95.8 cm³/mol. The molecule has 0 aliphatic heterocycles. The number of hydrogen-bond acceptors (Lipinski definition) is 1. The molecule has 0 aliphatic rings. The smallest absolute Gasteiger partial charge is 0.139 e. The van der Waals surface area contributed by atoms with Gasteiger partial charge < -0.3 is 0 Å². The molecule has 0 atom stereocenters. The van der Waals surface area contributed by atoms with E-state index in [1.165, 1.54) is 10.8 Å². The Balaban J connectivity index is 2.40. The van der Waals surface area contributed by atoms with Crippen LogP contribution in [0.15, 0.2) is 43.0 Å². The van der Waals surface area contributed by atoms with Crippen molar-refractivity contribution >= 4 is 40.0 Å². The van der Waals surface area contributed by atoms with Crippen molar-refractivity contribution in [1.29, 1.82) is 0 Å². The van der Waals surface area contributed by atoms with Crippen molar-refractivity contribution in [2.24, 2.45) is 5.92 Å². The number of carbonyl (C=O) groups excluding carboxylic acids is 1. The molecule has 3 aromatic carbocycles. The summed E-state index contributed by atoms with van der Waals surface area (Å²) in [6.45, 7) is 12.0. The normalized spacial score (nSPS) is 11.4. The summed E-state index contributed by atoms with van der Waals surface area (Å²) in [4.78, 5) is 12.2. The van der Waals surface area contributed by atoms with Gasteiger partial charge in [0.2, 0.25) is 0 Å². The fraction of sp³-hybridized carbons (Fsp3) is 0.190. The molecule has 1 nitrogen and oxygen atoms in total. The molecule has 0 spiro atoms. The predicted octanol–water partition coefficient (Wildman–Crippen LogP) is 4.53. The van der Waals surface area contributed by atoms with Gasteiger partial charge in [0.05, 0.1) is 0 Å². The first-order chi connectivity index (χ1) is 10.5. The summed E-state index contributed by atoms with van der Waals surface area (Å²) >= 11 is 0. The van der Waals surface area contributed by atoms with Gasteiger partial charge in [0.25, 0.3) is 0 Å². The van der Waals surface area contributed by atoms with Crippen LogP contribution in [0.2, 0.25) is 0 Å². The molecule has 3 aromatic rings. The van der Waals surface area contributed by atoms with E-state index >= 15 is 0 Å². The van der Waals surface area contributed by atoms with Gasteiger partial charge in [-0.2, -0.15) is 0 Å². The SMILES string of the molecule is C=Cc1cc(CC(=O)C(C)C)c2cccc3ccc(=C)c1c32. The Labute approximate surface area is 130 Å². The van der Waals surface area contributed by atoms with Crippen LogP contribution in [0, 0.1) is 5.92 Å². The molecule has 0 radical (unpaired) electrons. The van der Waals surface area contributed by atoms with Crippen molar-refractivity contribution in [1.82, 2.24) is 0 Å². The monoisotopic (exact) mass is 288 g/mol. The van der Waals surface area contributed by atoms with Crippen LogP contribution in [0.3, 0.4) is 0 Å². The fourth-order valence-corrected chi connectivity index (χ4v) is 3.06. The summed E-state index contributed by atoms with van der Waals surface area (Å²) in [6, 6.07) is 12.5. The van der Waals surface area contributed by atoms with E-state index in [-0.39, 0.29) is 11.7 Å². The fourth-order valence-electron chi connectivity index (χ4n) is 3.06. The van der Waals surface area contributed by atoms with E-state index in [4.69, 9.17) is 0 Å². The van der Waals surface area contributed by atoms with Gasteiger partial charge in [-0.15, -0.1) is 0 Å². The second-order valence-electron chi connectivity index (χ2n) is 6.13. The van der Waals surface area contributed by atoms with Crippen molar-refractivity contribution in [3.05, 3.63) is 59.3 Å². The second kappa shape index (κ2) is 5.42. The lowest BCUT2D eigenvalue weighted by Crippen LogP contribution is -2.11. The molecule has 22 heavy (non-hydrogen) atoms. The zero-order chi connectivity index (χ0) is 15.9. The zero-order valence-electron chi connectivity index (χ0n) is 13.1. The molecule has 1 heteroatoms. The van der Waals surface area contributed by atoms with Crippen molar-refractivity contribution < 1.29 is 4.79 Å². The summed E-state index contributed by atoms with van der Waals surface area (Å²) in [6.07, 6.45) is 2.33. The Morgan fingerprint density at radius 1 is 1.18 bits per heavy atom. The highest BCUT2D eigenvalue weighted by atomic mass is 16.1. The summed E-state index contributed by atoms with van der Waals surface area (Å²) in [5, 5.41) is 5.67. The maximum Gasteiger partial charge on any atom is 0.139 e. The molecule has 0 saturated carbocycles. The third-order valence-electron chi connectivity index (χ3n) is 4.32.